The van der Waals surface area contributed by atoms with Crippen molar-refractivity contribution in [3.63, 3.8) is 0 Å². The summed E-state index contributed by atoms with van der Waals surface area (Å²) in [5.41, 5.74) is 2.77. The summed E-state index contributed by atoms with van der Waals surface area (Å²) in [6.07, 6.45) is 2.25. The van der Waals surface area contributed by atoms with Gasteiger partial charge >= 0.3 is 0 Å². The second-order valence-electron chi connectivity index (χ2n) is 6.94. The average Bonchev–Trinajstić information content (AvgIpc) is 2.69. The first kappa shape index (κ1) is 19.5. The number of nitrogens with one attached hydrogen (secondary N) is 1. The standard InChI is InChI=1S/C23H23FN2O2/c1-17(13-20-5-4-6-21(24)14-20)23(28)25-15-18-8-10-19(11-9-18)16-26-12-3-2-7-22(26)27/h2-12,14,17H,13,15-16H2,1H3,(H,25,28). The Hall–Kier alpha value is -3.21. The fraction of sp³-hybridized carbons (Fsp3) is 0.217. The normalized spacial score (nSPS) is 11.8. The van der Waals surface area contributed by atoms with Crippen LogP contribution >= 0.6 is 0 Å². The fourth-order valence-corrected chi connectivity index (χ4v) is 3.02. The molecule has 2 aromatic carbocycles. The maximum Gasteiger partial charge on any atom is 0.250 e. The molecule has 1 heterocycles. The van der Waals surface area contributed by atoms with Gasteiger partial charge in [0.05, 0.1) is 6.54 Å². The Labute approximate surface area is 163 Å². The number of hydrogen-bond acceptors (Lipinski definition) is 2. The van der Waals surface area contributed by atoms with Crippen LogP contribution in [0.15, 0.2) is 77.7 Å². The molecule has 28 heavy (non-hydrogen) atoms. The smallest absolute Gasteiger partial charge is 0.250 e. The van der Waals surface area contributed by atoms with Crippen LogP contribution in [0.1, 0.15) is 23.6 Å². The largest absolute Gasteiger partial charge is 0.352 e. The number of aromatic nitrogens is 1. The topological polar surface area (TPSA) is 51.1 Å². The number of rotatable bonds is 7. The number of nitrogens with zero attached hydrogens (tertiary/aromatic N) is 1. The van der Waals surface area contributed by atoms with Gasteiger partial charge in [0.1, 0.15) is 5.82 Å². The van der Waals surface area contributed by atoms with Crippen LogP contribution in [0.2, 0.25) is 0 Å². The molecule has 5 heteroatoms. The molecule has 0 saturated carbocycles. The minimum absolute atomic E-state index is 0.0360. The molecule has 1 aromatic heterocycles. The predicted octanol–water partition coefficient (Wildman–Crippen LogP) is 3.53. The Morgan fingerprint density at radius 2 is 1.75 bits per heavy atom. The van der Waals surface area contributed by atoms with Gasteiger partial charge in [-0.1, -0.05) is 49.4 Å². The highest BCUT2D eigenvalue weighted by Gasteiger charge is 2.13. The average molecular weight is 378 g/mol. The monoisotopic (exact) mass is 378 g/mol. The molecule has 1 atom stereocenters. The zero-order valence-electron chi connectivity index (χ0n) is 15.8. The first-order valence-electron chi connectivity index (χ1n) is 9.27. The van der Waals surface area contributed by atoms with Crippen LogP contribution in [0.3, 0.4) is 0 Å². The molecule has 0 aliphatic heterocycles. The van der Waals surface area contributed by atoms with Crippen molar-refractivity contribution in [3.8, 4) is 0 Å². The Kier molecular flexibility index (Phi) is 6.37. The van der Waals surface area contributed by atoms with Crippen LogP contribution in [0, 0.1) is 11.7 Å². The minimum Gasteiger partial charge on any atom is -0.352 e. The fourth-order valence-electron chi connectivity index (χ4n) is 3.02. The molecule has 144 valence electrons. The van der Waals surface area contributed by atoms with E-state index in [2.05, 4.69) is 5.32 Å². The first-order valence-corrected chi connectivity index (χ1v) is 9.27. The van der Waals surface area contributed by atoms with Crippen molar-refractivity contribution in [2.75, 3.05) is 0 Å². The Morgan fingerprint density at radius 1 is 1.00 bits per heavy atom. The number of amides is 1. The lowest BCUT2D eigenvalue weighted by Crippen LogP contribution is -2.29. The molecule has 1 N–H and O–H groups in total. The van der Waals surface area contributed by atoms with E-state index in [1.807, 2.05) is 43.3 Å². The highest BCUT2D eigenvalue weighted by Crippen LogP contribution is 2.11. The lowest BCUT2D eigenvalue weighted by atomic mass is 10.00. The van der Waals surface area contributed by atoms with Gasteiger partial charge in [0, 0.05) is 24.7 Å². The lowest BCUT2D eigenvalue weighted by molar-refractivity contribution is -0.124. The second kappa shape index (κ2) is 9.13. The third-order valence-electron chi connectivity index (χ3n) is 4.62. The molecule has 0 saturated heterocycles. The summed E-state index contributed by atoms with van der Waals surface area (Å²) in [5.74, 6) is -0.599. The zero-order valence-corrected chi connectivity index (χ0v) is 15.8. The third kappa shape index (κ3) is 5.39. The van der Waals surface area contributed by atoms with Gasteiger partial charge in [0.2, 0.25) is 5.91 Å². The highest BCUT2D eigenvalue weighted by atomic mass is 19.1. The summed E-state index contributed by atoms with van der Waals surface area (Å²) >= 11 is 0. The Morgan fingerprint density at radius 3 is 2.46 bits per heavy atom. The molecule has 4 nitrogen and oxygen atoms in total. The van der Waals surface area contributed by atoms with E-state index < -0.39 is 0 Å². The summed E-state index contributed by atoms with van der Waals surface area (Å²) in [4.78, 5) is 24.1. The molecule has 0 bridgehead atoms. The zero-order chi connectivity index (χ0) is 19.9. The van der Waals surface area contributed by atoms with Gasteiger partial charge in [-0.2, -0.15) is 0 Å². The third-order valence-corrected chi connectivity index (χ3v) is 4.62. The van der Waals surface area contributed by atoms with Gasteiger partial charge < -0.3 is 9.88 Å². The molecule has 0 radical (unpaired) electrons. The van der Waals surface area contributed by atoms with Crippen molar-refractivity contribution in [3.05, 3.63) is 106 Å². The van der Waals surface area contributed by atoms with E-state index in [0.29, 0.717) is 19.5 Å². The Bertz CT molecular complexity index is 996. The summed E-state index contributed by atoms with van der Waals surface area (Å²) in [6.45, 7) is 2.77. The van der Waals surface area contributed by atoms with Gasteiger partial charge in [0.25, 0.3) is 5.56 Å². The molecule has 0 aliphatic rings. The van der Waals surface area contributed by atoms with E-state index in [-0.39, 0.29) is 23.2 Å². The molecular weight excluding hydrogens is 355 g/mol. The quantitative estimate of drug-likeness (QED) is 0.684. The molecule has 1 amide bonds. The van der Waals surface area contributed by atoms with Crippen molar-refractivity contribution in [1.29, 1.82) is 0 Å². The number of carbonyl (C=O) groups is 1. The van der Waals surface area contributed by atoms with Crippen molar-refractivity contribution in [2.24, 2.45) is 5.92 Å². The summed E-state index contributed by atoms with van der Waals surface area (Å²) < 4.78 is 14.9. The Balaban J connectivity index is 1.52. The molecule has 3 aromatic rings. The van der Waals surface area contributed by atoms with E-state index in [1.165, 1.54) is 18.2 Å². The number of halogens is 1. The van der Waals surface area contributed by atoms with Gasteiger partial charge in [-0.05, 0) is 41.3 Å². The predicted molar refractivity (Wildman–Crippen MR) is 107 cm³/mol. The maximum absolute atomic E-state index is 13.3. The van der Waals surface area contributed by atoms with Crippen LogP contribution in [0.5, 0.6) is 0 Å². The van der Waals surface area contributed by atoms with Gasteiger partial charge in [0.15, 0.2) is 0 Å². The van der Waals surface area contributed by atoms with E-state index >= 15 is 0 Å². The van der Waals surface area contributed by atoms with Crippen LogP contribution in [0.4, 0.5) is 4.39 Å². The lowest BCUT2D eigenvalue weighted by Gasteiger charge is -2.13. The number of benzene rings is 2. The van der Waals surface area contributed by atoms with E-state index in [9.17, 15) is 14.0 Å². The minimum atomic E-state index is -0.289. The number of hydrogen-bond donors (Lipinski definition) is 1. The molecule has 1 unspecified atom stereocenters. The van der Waals surface area contributed by atoms with Crippen LogP contribution in [0.25, 0.3) is 0 Å². The van der Waals surface area contributed by atoms with Crippen molar-refractivity contribution < 1.29 is 9.18 Å². The van der Waals surface area contributed by atoms with Gasteiger partial charge in [-0.25, -0.2) is 4.39 Å². The molecule has 3 rings (SSSR count). The van der Waals surface area contributed by atoms with E-state index in [4.69, 9.17) is 0 Å². The van der Waals surface area contributed by atoms with Crippen molar-refractivity contribution in [2.45, 2.75) is 26.4 Å². The van der Waals surface area contributed by atoms with Crippen molar-refractivity contribution in [1.82, 2.24) is 9.88 Å². The molecule has 0 fully saturated rings. The summed E-state index contributed by atoms with van der Waals surface area (Å²) in [5, 5.41) is 2.92. The SMILES string of the molecule is CC(Cc1cccc(F)c1)C(=O)NCc1ccc(Cn2ccccc2=O)cc1. The van der Waals surface area contributed by atoms with Crippen LogP contribution < -0.4 is 10.9 Å². The van der Waals surface area contributed by atoms with Crippen LogP contribution in [-0.4, -0.2) is 10.5 Å². The van der Waals surface area contributed by atoms with E-state index in [1.54, 1.807) is 22.9 Å². The highest BCUT2D eigenvalue weighted by molar-refractivity contribution is 5.78. The maximum atomic E-state index is 13.3. The van der Waals surface area contributed by atoms with Crippen LogP contribution in [-0.2, 0) is 24.3 Å². The second-order valence-corrected chi connectivity index (χ2v) is 6.94. The number of carbonyl (C=O) groups excluding carboxylic acids is 1. The molecule has 0 aliphatic carbocycles. The summed E-state index contributed by atoms with van der Waals surface area (Å²) in [7, 11) is 0. The first-order chi connectivity index (χ1) is 13.5. The molecular formula is C23H23FN2O2. The molecule has 0 spiro atoms. The summed E-state index contributed by atoms with van der Waals surface area (Å²) in [6, 6.07) is 19.2. The van der Waals surface area contributed by atoms with Crippen molar-refractivity contribution >= 4 is 5.91 Å². The number of pyridine rings is 1. The van der Waals surface area contributed by atoms with Gasteiger partial charge in [-0.15, -0.1) is 0 Å². The van der Waals surface area contributed by atoms with E-state index in [0.717, 1.165) is 16.7 Å². The van der Waals surface area contributed by atoms with Gasteiger partial charge in [-0.3, -0.25) is 9.59 Å².